The van der Waals surface area contributed by atoms with Crippen LogP contribution in [0.3, 0.4) is 0 Å². The third-order valence-corrected chi connectivity index (χ3v) is 3.30. The lowest BCUT2D eigenvalue weighted by atomic mass is 10.1. The Morgan fingerprint density at radius 3 is 2.82 bits per heavy atom. The molecule has 0 bridgehead atoms. The minimum Gasteiger partial charge on any atom is -0.357 e. The van der Waals surface area contributed by atoms with Gasteiger partial charge in [0, 0.05) is 30.2 Å². The topological polar surface area (TPSA) is 40.0 Å². The summed E-state index contributed by atoms with van der Waals surface area (Å²) in [6, 6.07) is 10.0. The van der Waals surface area contributed by atoms with Crippen molar-refractivity contribution in [2.45, 2.75) is 12.8 Å². The standard InChI is InChI=1S/C14H15N3/c15-14(17-8-1-2-9-17)12-5-6-13-11(10-12)4-3-7-16-13/h3-7,10,15H,1-2,8-9H2. The first-order chi connectivity index (χ1) is 8.34. The number of aromatic nitrogens is 1. The van der Waals surface area contributed by atoms with Gasteiger partial charge in [-0.2, -0.15) is 0 Å². The van der Waals surface area contributed by atoms with Crippen LogP contribution in [0.2, 0.25) is 0 Å². The second-order valence-electron chi connectivity index (χ2n) is 4.45. The Labute approximate surface area is 101 Å². The van der Waals surface area contributed by atoms with Gasteiger partial charge in [-0.1, -0.05) is 6.07 Å². The smallest absolute Gasteiger partial charge is 0.128 e. The molecule has 0 spiro atoms. The van der Waals surface area contributed by atoms with Crippen LogP contribution in [0.25, 0.3) is 10.9 Å². The first kappa shape index (κ1) is 10.3. The first-order valence-electron chi connectivity index (χ1n) is 6.03. The summed E-state index contributed by atoms with van der Waals surface area (Å²) in [5, 5.41) is 9.31. The highest BCUT2D eigenvalue weighted by Gasteiger charge is 2.16. The van der Waals surface area contributed by atoms with Gasteiger partial charge in [-0.25, -0.2) is 0 Å². The van der Waals surface area contributed by atoms with Gasteiger partial charge in [-0.05, 0) is 37.1 Å². The van der Waals surface area contributed by atoms with Crippen molar-refractivity contribution in [1.29, 1.82) is 5.41 Å². The minimum atomic E-state index is 0.647. The van der Waals surface area contributed by atoms with Crippen molar-refractivity contribution in [3.05, 3.63) is 42.1 Å². The van der Waals surface area contributed by atoms with Gasteiger partial charge in [0.2, 0.25) is 0 Å². The van der Waals surface area contributed by atoms with E-state index < -0.39 is 0 Å². The van der Waals surface area contributed by atoms with Gasteiger partial charge >= 0.3 is 0 Å². The summed E-state index contributed by atoms with van der Waals surface area (Å²) in [6.07, 6.45) is 4.21. The molecule has 86 valence electrons. The van der Waals surface area contributed by atoms with Crippen LogP contribution in [-0.4, -0.2) is 28.8 Å². The Balaban J connectivity index is 1.97. The third-order valence-electron chi connectivity index (χ3n) is 3.30. The SMILES string of the molecule is N=C(c1ccc2ncccc2c1)N1CCCC1. The van der Waals surface area contributed by atoms with Gasteiger partial charge in [0.25, 0.3) is 0 Å². The van der Waals surface area contributed by atoms with Crippen molar-refractivity contribution >= 4 is 16.7 Å². The van der Waals surface area contributed by atoms with Gasteiger partial charge in [-0.3, -0.25) is 10.4 Å². The Hall–Kier alpha value is -1.90. The Bertz CT molecular complexity index is 556. The lowest BCUT2D eigenvalue weighted by Gasteiger charge is -2.18. The van der Waals surface area contributed by atoms with Crippen molar-refractivity contribution in [1.82, 2.24) is 9.88 Å². The minimum absolute atomic E-state index is 0.647. The molecule has 1 aliphatic rings. The number of fused-ring (bicyclic) bond motifs is 1. The van der Waals surface area contributed by atoms with Crippen molar-refractivity contribution < 1.29 is 0 Å². The van der Waals surface area contributed by atoms with Gasteiger partial charge in [0.05, 0.1) is 5.52 Å². The largest absolute Gasteiger partial charge is 0.357 e. The van der Waals surface area contributed by atoms with E-state index in [-0.39, 0.29) is 0 Å². The van der Waals surface area contributed by atoms with E-state index in [9.17, 15) is 0 Å². The fourth-order valence-corrected chi connectivity index (χ4v) is 2.35. The normalized spacial score (nSPS) is 15.4. The molecule has 0 amide bonds. The van der Waals surface area contributed by atoms with E-state index in [1.165, 1.54) is 12.8 Å². The van der Waals surface area contributed by atoms with Crippen LogP contribution in [0, 0.1) is 5.41 Å². The maximum atomic E-state index is 8.21. The molecule has 1 aliphatic heterocycles. The summed E-state index contributed by atoms with van der Waals surface area (Å²) in [5.41, 5.74) is 1.98. The van der Waals surface area contributed by atoms with E-state index >= 15 is 0 Å². The molecule has 3 heteroatoms. The molecule has 1 fully saturated rings. The van der Waals surface area contributed by atoms with Gasteiger partial charge in [0.15, 0.2) is 0 Å². The number of rotatable bonds is 1. The Morgan fingerprint density at radius 1 is 1.18 bits per heavy atom. The molecule has 3 rings (SSSR count). The molecular weight excluding hydrogens is 210 g/mol. The molecule has 2 heterocycles. The fourth-order valence-electron chi connectivity index (χ4n) is 2.35. The second kappa shape index (κ2) is 4.17. The summed E-state index contributed by atoms with van der Waals surface area (Å²) in [7, 11) is 0. The monoisotopic (exact) mass is 225 g/mol. The summed E-state index contributed by atoms with van der Waals surface area (Å²) in [6.45, 7) is 2.04. The molecule has 0 radical (unpaired) electrons. The van der Waals surface area contributed by atoms with Crippen molar-refractivity contribution in [3.63, 3.8) is 0 Å². The van der Waals surface area contributed by atoms with Crippen LogP contribution in [0.4, 0.5) is 0 Å². The maximum Gasteiger partial charge on any atom is 0.128 e. The van der Waals surface area contributed by atoms with Crippen molar-refractivity contribution in [2.75, 3.05) is 13.1 Å². The quantitative estimate of drug-likeness (QED) is 0.598. The van der Waals surface area contributed by atoms with Crippen LogP contribution < -0.4 is 0 Å². The number of benzene rings is 1. The third kappa shape index (κ3) is 1.88. The predicted molar refractivity (Wildman–Crippen MR) is 69.4 cm³/mol. The van der Waals surface area contributed by atoms with Crippen LogP contribution in [0.1, 0.15) is 18.4 Å². The summed E-state index contributed by atoms with van der Waals surface area (Å²) in [5.74, 6) is 0.647. The van der Waals surface area contributed by atoms with Crippen LogP contribution in [0.5, 0.6) is 0 Å². The lowest BCUT2D eigenvalue weighted by molar-refractivity contribution is 0.517. The van der Waals surface area contributed by atoms with Crippen LogP contribution >= 0.6 is 0 Å². The molecule has 0 aliphatic carbocycles. The molecule has 1 saturated heterocycles. The van der Waals surface area contributed by atoms with E-state index in [2.05, 4.69) is 16.0 Å². The lowest BCUT2D eigenvalue weighted by Crippen LogP contribution is -2.27. The van der Waals surface area contributed by atoms with Gasteiger partial charge in [-0.15, -0.1) is 0 Å². The number of nitrogens with zero attached hydrogens (tertiary/aromatic N) is 2. The van der Waals surface area contributed by atoms with Gasteiger partial charge < -0.3 is 4.90 Å². The Morgan fingerprint density at radius 2 is 2.00 bits per heavy atom. The van der Waals surface area contributed by atoms with E-state index in [1.54, 1.807) is 6.20 Å². The molecule has 3 nitrogen and oxygen atoms in total. The Kier molecular flexibility index (Phi) is 2.52. The number of likely N-dealkylation sites (tertiary alicyclic amines) is 1. The number of hydrogen-bond acceptors (Lipinski definition) is 2. The zero-order chi connectivity index (χ0) is 11.7. The molecule has 2 aromatic rings. The molecule has 1 aromatic carbocycles. The van der Waals surface area contributed by atoms with E-state index in [1.807, 2.05) is 24.3 Å². The van der Waals surface area contributed by atoms with Crippen LogP contribution in [-0.2, 0) is 0 Å². The number of hydrogen-bond donors (Lipinski definition) is 1. The first-order valence-corrected chi connectivity index (χ1v) is 6.03. The maximum absolute atomic E-state index is 8.21. The number of amidine groups is 1. The zero-order valence-corrected chi connectivity index (χ0v) is 9.69. The summed E-state index contributed by atoms with van der Waals surface area (Å²) < 4.78 is 0. The van der Waals surface area contributed by atoms with E-state index in [0.717, 1.165) is 29.6 Å². The molecule has 1 N–H and O–H groups in total. The van der Waals surface area contributed by atoms with E-state index in [4.69, 9.17) is 5.41 Å². The molecule has 0 atom stereocenters. The number of nitrogens with one attached hydrogen (secondary N) is 1. The van der Waals surface area contributed by atoms with Gasteiger partial charge in [0.1, 0.15) is 5.84 Å². The second-order valence-corrected chi connectivity index (χ2v) is 4.45. The molecule has 0 saturated carbocycles. The predicted octanol–water partition coefficient (Wildman–Crippen LogP) is 2.66. The highest BCUT2D eigenvalue weighted by Crippen LogP contribution is 2.17. The summed E-state index contributed by atoms with van der Waals surface area (Å²) >= 11 is 0. The average Bonchev–Trinajstić information content (AvgIpc) is 2.91. The van der Waals surface area contributed by atoms with E-state index in [0.29, 0.717) is 5.84 Å². The van der Waals surface area contributed by atoms with Crippen LogP contribution in [0.15, 0.2) is 36.5 Å². The average molecular weight is 225 g/mol. The zero-order valence-electron chi connectivity index (χ0n) is 9.69. The highest BCUT2D eigenvalue weighted by molar-refractivity contribution is 5.99. The fraction of sp³-hybridized carbons (Fsp3) is 0.286. The van der Waals surface area contributed by atoms with Crippen molar-refractivity contribution in [3.8, 4) is 0 Å². The van der Waals surface area contributed by atoms with Crippen molar-refractivity contribution in [2.24, 2.45) is 0 Å². The molecule has 1 aromatic heterocycles. The summed E-state index contributed by atoms with van der Waals surface area (Å²) in [4.78, 5) is 6.45. The molecular formula is C14H15N3. The number of pyridine rings is 1. The highest BCUT2D eigenvalue weighted by atomic mass is 15.2. The molecule has 17 heavy (non-hydrogen) atoms. The molecule has 0 unspecified atom stereocenters.